The molecule has 0 spiro atoms. The summed E-state index contributed by atoms with van der Waals surface area (Å²) in [5.74, 6) is -0.664. The molecule has 0 fully saturated rings. The van der Waals surface area contributed by atoms with Gasteiger partial charge in [0, 0.05) is 19.0 Å². The summed E-state index contributed by atoms with van der Waals surface area (Å²) in [5, 5.41) is 3.06. The number of nitrogens with one attached hydrogen (secondary N) is 1. The van der Waals surface area contributed by atoms with Crippen LogP contribution in [0.2, 0.25) is 0 Å². The van der Waals surface area contributed by atoms with Gasteiger partial charge in [0.15, 0.2) is 0 Å². The monoisotopic (exact) mass is 460 g/mol. The number of hydrogen-bond acceptors (Lipinski definition) is 2. The molecule has 0 heterocycles. The summed E-state index contributed by atoms with van der Waals surface area (Å²) >= 11 is 0. The summed E-state index contributed by atoms with van der Waals surface area (Å²) in [6.45, 7) is 6.18. The fraction of sp³-hybridized carbons (Fsp3) is 0.310. The molecular weight excluding hydrogens is 427 g/mol. The van der Waals surface area contributed by atoms with Gasteiger partial charge in [0.2, 0.25) is 11.8 Å². The largest absolute Gasteiger partial charge is 0.352 e. The zero-order valence-corrected chi connectivity index (χ0v) is 20.1. The third kappa shape index (κ3) is 7.27. The molecule has 0 aliphatic carbocycles. The van der Waals surface area contributed by atoms with Gasteiger partial charge in [0.1, 0.15) is 11.9 Å². The Morgan fingerprint density at radius 3 is 2.12 bits per heavy atom. The lowest BCUT2D eigenvalue weighted by molar-refractivity contribution is -0.141. The SMILES string of the molecule is CC[C@H](C)NC(=O)[C@H](Cc1ccccc1)N(Cc1ccc(F)cc1)C(=O)Cc1ccc(C)cc1. The van der Waals surface area contributed by atoms with Gasteiger partial charge in [-0.15, -0.1) is 0 Å². The fourth-order valence-corrected chi connectivity index (χ4v) is 3.76. The topological polar surface area (TPSA) is 49.4 Å². The molecule has 178 valence electrons. The number of rotatable bonds is 10. The zero-order valence-electron chi connectivity index (χ0n) is 20.1. The number of halogens is 1. The lowest BCUT2D eigenvalue weighted by atomic mass is 10.0. The van der Waals surface area contributed by atoms with Gasteiger partial charge < -0.3 is 10.2 Å². The summed E-state index contributed by atoms with van der Waals surface area (Å²) in [6, 6.07) is 22.9. The molecule has 0 aliphatic rings. The average Bonchev–Trinajstić information content (AvgIpc) is 2.84. The molecule has 0 bridgehead atoms. The van der Waals surface area contributed by atoms with Gasteiger partial charge in [-0.1, -0.05) is 79.2 Å². The van der Waals surface area contributed by atoms with Crippen molar-refractivity contribution in [2.45, 2.75) is 58.7 Å². The van der Waals surface area contributed by atoms with Gasteiger partial charge in [0.05, 0.1) is 6.42 Å². The van der Waals surface area contributed by atoms with E-state index in [9.17, 15) is 14.0 Å². The van der Waals surface area contributed by atoms with Gasteiger partial charge in [0.25, 0.3) is 0 Å². The molecular formula is C29H33FN2O2. The van der Waals surface area contributed by atoms with E-state index in [1.165, 1.54) is 12.1 Å². The molecule has 0 saturated carbocycles. The lowest BCUT2D eigenvalue weighted by Gasteiger charge is -2.32. The molecule has 0 aromatic heterocycles. The fourth-order valence-electron chi connectivity index (χ4n) is 3.76. The number of nitrogens with zero attached hydrogens (tertiary/aromatic N) is 1. The van der Waals surface area contributed by atoms with Crippen molar-refractivity contribution in [3.8, 4) is 0 Å². The summed E-state index contributed by atoms with van der Waals surface area (Å²) in [5.41, 5.74) is 3.75. The van der Waals surface area contributed by atoms with Crippen LogP contribution in [0, 0.1) is 12.7 Å². The standard InChI is InChI=1S/C29H33FN2O2/c1-4-22(3)31-29(34)27(18-23-8-6-5-7-9-23)32(20-25-14-16-26(30)17-15-25)28(33)19-24-12-10-21(2)11-13-24/h5-17,22,27H,4,18-20H2,1-3H3,(H,31,34)/t22-,27-/m0/s1. The predicted octanol–water partition coefficient (Wildman–Crippen LogP) is 5.23. The first kappa shape index (κ1) is 25.2. The second-order valence-corrected chi connectivity index (χ2v) is 8.83. The second kappa shape index (κ2) is 12.1. The molecule has 0 radical (unpaired) electrons. The highest BCUT2D eigenvalue weighted by molar-refractivity contribution is 5.89. The molecule has 0 aliphatic heterocycles. The first-order valence-electron chi connectivity index (χ1n) is 11.8. The van der Waals surface area contributed by atoms with Crippen LogP contribution in [-0.4, -0.2) is 28.8 Å². The van der Waals surface area contributed by atoms with Gasteiger partial charge in [-0.3, -0.25) is 9.59 Å². The van der Waals surface area contributed by atoms with E-state index in [0.717, 1.165) is 28.7 Å². The van der Waals surface area contributed by atoms with Gasteiger partial charge in [-0.2, -0.15) is 0 Å². The predicted molar refractivity (Wildman–Crippen MR) is 134 cm³/mol. The average molecular weight is 461 g/mol. The van der Waals surface area contributed by atoms with E-state index in [0.29, 0.717) is 6.42 Å². The van der Waals surface area contributed by atoms with Crippen LogP contribution in [0.25, 0.3) is 0 Å². The third-order valence-electron chi connectivity index (χ3n) is 6.01. The molecule has 0 saturated heterocycles. The van der Waals surface area contributed by atoms with Crippen molar-refractivity contribution in [3.63, 3.8) is 0 Å². The highest BCUT2D eigenvalue weighted by atomic mass is 19.1. The van der Waals surface area contributed by atoms with Crippen LogP contribution in [0.1, 0.15) is 42.5 Å². The van der Waals surface area contributed by atoms with Crippen LogP contribution in [0.5, 0.6) is 0 Å². The number of carbonyl (C=O) groups is 2. The molecule has 1 N–H and O–H groups in total. The first-order valence-corrected chi connectivity index (χ1v) is 11.8. The van der Waals surface area contributed by atoms with Crippen LogP contribution in [0.4, 0.5) is 4.39 Å². The molecule has 4 nitrogen and oxygen atoms in total. The Bertz CT molecular complexity index is 1070. The number of aryl methyl sites for hydroxylation is 1. The molecule has 5 heteroatoms. The maximum atomic E-state index is 13.6. The minimum absolute atomic E-state index is 0.00866. The second-order valence-electron chi connectivity index (χ2n) is 8.83. The highest BCUT2D eigenvalue weighted by Gasteiger charge is 2.31. The van der Waals surface area contributed by atoms with Crippen LogP contribution < -0.4 is 5.32 Å². The van der Waals surface area contributed by atoms with Crippen LogP contribution in [0.3, 0.4) is 0 Å². The molecule has 3 aromatic carbocycles. The number of amides is 2. The van der Waals surface area contributed by atoms with E-state index in [2.05, 4.69) is 5.32 Å². The van der Waals surface area contributed by atoms with Crippen molar-refractivity contribution < 1.29 is 14.0 Å². The molecule has 3 rings (SSSR count). The van der Waals surface area contributed by atoms with Crippen molar-refractivity contribution in [2.24, 2.45) is 0 Å². The van der Waals surface area contributed by atoms with E-state index >= 15 is 0 Å². The third-order valence-corrected chi connectivity index (χ3v) is 6.01. The molecule has 3 aromatic rings. The molecule has 2 atom stereocenters. The molecule has 34 heavy (non-hydrogen) atoms. The number of hydrogen-bond donors (Lipinski definition) is 1. The van der Waals surface area contributed by atoms with Gasteiger partial charge >= 0.3 is 0 Å². The summed E-state index contributed by atoms with van der Waals surface area (Å²) in [4.78, 5) is 28.7. The van der Waals surface area contributed by atoms with E-state index < -0.39 is 6.04 Å². The van der Waals surface area contributed by atoms with E-state index in [1.807, 2.05) is 75.4 Å². The van der Waals surface area contributed by atoms with E-state index in [1.54, 1.807) is 17.0 Å². The Balaban J connectivity index is 1.95. The zero-order chi connectivity index (χ0) is 24.5. The van der Waals surface area contributed by atoms with Crippen LogP contribution in [0.15, 0.2) is 78.9 Å². The minimum Gasteiger partial charge on any atom is -0.352 e. The Labute approximate surface area is 201 Å². The quantitative estimate of drug-likeness (QED) is 0.450. The Kier molecular flexibility index (Phi) is 8.97. The lowest BCUT2D eigenvalue weighted by Crippen LogP contribution is -2.52. The Hall–Kier alpha value is -3.47. The molecule has 0 unspecified atom stereocenters. The van der Waals surface area contributed by atoms with Crippen molar-refractivity contribution in [1.29, 1.82) is 0 Å². The Morgan fingerprint density at radius 1 is 0.882 bits per heavy atom. The van der Waals surface area contributed by atoms with Gasteiger partial charge in [-0.05, 0) is 49.1 Å². The normalized spacial score (nSPS) is 12.6. The van der Waals surface area contributed by atoms with Crippen LogP contribution in [-0.2, 0) is 29.0 Å². The molecule has 2 amide bonds. The summed E-state index contributed by atoms with van der Waals surface area (Å²) in [6.07, 6.45) is 1.37. The maximum Gasteiger partial charge on any atom is 0.243 e. The van der Waals surface area contributed by atoms with E-state index in [4.69, 9.17) is 0 Å². The van der Waals surface area contributed by atoms with Crippen LogP contribution >= 0.6 is 0 Å². The highest BCUT2D eigenvalue weighted by Crippen LogP contribution is 2.17. The maximum absolute atomic E-state index is 13.6. The van der Waals surface area contributed by atoms with Gasteiger partial charge in [-0.25, -0.2) is 4.39 Å². The number of carbonyl (C=O) groups excluding carboxylic acids is 2. The van der Waals surface area contributed by atoms with Crippen molar-refractivity contribution >= 4 is 11.8 Å². The number of benzene rings is 3. The minimum atomic E-state index is -0.695. The van der Waals surface area contributed by atoms with Crippen molar-refractivity contribution in [2.75, 3.05) is 0 Å². The summed E-state index contributed by atoms with van der Waals surface area (Å²) in [7, 11) is 0. The summed E-state index contributed by atoms with van der Waals surface area (Å²) < 4.78 is 13.5. The van der Waals surface area contributed by atoms with Crippen molar-refractivity contribution in [1.82, 2.24) is 10.2 Å². The smallest absolute Gasteiger partial charge is 0.243 e. The van der Waals surface area contributed by atoms with E-state index in [-0.39, 0.29) is 36.6 Å². The Morgan fingerprint density at radius 2 is 1.50 bits per heavy atom. The first-order chi connectivity index (χ1) is 16.4. The van der Waals surface area contributed by atoms with Crippen molar-refractivity contribution in [3.05, 3.63) is 107 Å².